The quantitative estimate of drug-likeness (QED) is 0.266. The van der Waals surface area contributed by atoms with Crippen molar-refractivity contribution in [1.29, 1.82) is 0 Å². The van der Waals surface area contributed by atoms with Gasteiger partial charge in [-0.25, -0.2) is 8.42 Å². The monoisotopic (exact) mass is 609 g/mol. The Balaban J connectivity index is 2.09. The molecule has 3 aromatic carbocycles. The number of nitrogens with one attached hydrogen (secondary N) is 1. The Hall–Kier alpha value is -2.78. The molecular formula is C28H30Cl3N3O4S. The van der Waals surface area contributed by atoms with E-state index in [1.807, 2.05) is 6.92 Å². The van der Waals surface area contributed by atoms with Crippen molar-refractivity contribution in [3.63, 3.8) is 0 Å². The highest BCUT2D eigenvalue weighted by Crippen LogP contribution is 2.33. The summed E-state index contributed by atoms with van der Waals surface area (Å²) in [7, 11) is -4.25. The van der Waals surface area contributed by atoms with Gasteiger partial charge in [-0.05, 0) is 54.8 Å². The van der Waals surface area contributed by atoms with Gasteiger partial charge in [0, 0.05) is 23.1 Å². The molecule has 3 rings (SSSR count). The van der Waals surface area contributed by atoms with Crippen LogP contribution < -0.4 is 9.62 Å². The van der Waals surface area contributed by atoms with Crippen LogP contribution in [0.5, 0.6) is 0 Å². The van der Waals surface area contributed by atoms with Crippen molar-refractivity contribution in [3.05, 3.63) is 93.4 Å². The van der Waals surface area contributed by atoms with Crippen LogP contribution in [0.25, 0.3) is 0 Å². The van der Waals surface area contributed by atoms with Crippen LogP contribution in [-0.4, -0.2) is 44.3 Å². The molecule has 208 valence electrons. The maximum absolute atomic E-state index is 14.0. The molecule has 7 nitrogen and oxygen atoms in total. The minimum atomic E-state index is -4.25. The van der Waals surface area contributed by atoms with E-state index in [-0.39, 0.29) is 33.1 Å². The standard InChI is InChI=1S/C28H30Cl3N3O4S/c1-3-16-32-28(36)25(4-2)33(18-20-10-8-9-13-23(20)30)27(35)19-34(26-17-21(29)14-15-24(26)31)39(37,38)22-11-6-5-7-12-22/h5-15,17,25H,3-4,16,18-19H2,1-2H3,(H,32,36)/t25-/m0/s1. The van der Waals surface area contributed by atoms with Crippen molar-refractivity contribution in [2.75, 3.05) is 17.4 Å². The first kappa shape index (κ1) is 30.8. The fourth-order valence-electron chi connectivity index (χ4n) is 4.01. The smallest absolute Gasteiger partial charge is 0.264 e. The van der Waals surface area contributed by atoms with Crippen LogP contribution in [0.2, 0.25) is 15.1 Å². The summed E-state index contributed by atoms with van der Waals surface area (Å²) in [5, 5.41) is 3.60. The highest BCUT2D eigenvalue weighted by atomic mass is 35.5. The van der Waals surface area contributed by atoms with E-state index in [1.165, 1.54) is 35.2 Å². The van der Waals surface area contributed by atoms with Crippen molar-refractivity contribution < 1.29 is 18.0 Å². The fraction of sp³-hybridized carbons (Fsp3) is 0.286. The summed E-state index contributed by atoms with van der Waals surface area (Å²) in [5.74, 6) is -0.943. The van der Waals surface area contributed by atoms with Crippen LogP contribution >= 0.6 is 34.8 Å². The normalized spacial score (nSPS) is 12.0. The van der Waals surface area contributed by atoms with Gasteiger partial charge in [0.2, 0.25) is 11.8 Å². The average Bonchev–Trinajstić information content (AvgIpc) is 2.93. The number of rotatable bonds is 12. The van der Waals surface area contributed by atoms with Crippen LogP contribution in [0.4, 0.5) is 5.69 Å². The van der Waals surface area contributed by atoms with E-state index in [2.05, 4.69) is 5.32 Å². The molecule has 0 aliphatic rings. The molecule has 0 bridgehead atoms. The summed E-state index contributed by atoms with van der Waals surface area (Å²) in [6.45, 7) is 3.53. The van der Waals surface area contributed by atoms with Crippen molar-refractivity contribution in [1.82, 2.24) is 10.2 Å². The second-order valence-electron chi connectivity index (χ2n) is 8.75. The van der Waals surface area contributed by atoms with E-state index in [4.69, 9.17) is 34.8 Å². The number of nitrogens with zero attached hydrogens (tertiary/aromatic N) is 2. The van der Waals surface area contributed by atoms with Crippen LogP contribution in [-0.2, 0) is 26.2 Å². The van der Waals surface area contributed by atoms with E-state index in [9.17, 15) is 18.0 Å². The van der Waals surface area contributed by atoms with Crippen LogP contribution in [0, 0.1) is 0 Å². The lowest BCUT2D eigenvalue weighted by atomic mass is 10.1. The molecule has 0 radical (unpaired) electrons. The molecule has 0 aliphatic heterocycles. The third kappa shape index (κ3) is 7.66. The number of carbonyl (C=O) groups is 2. The van der Waals surface area contributed by atoms with Gasteiger partial charge in [0.15, 0.2) is 0 Å². The Morgan fingerprint density at radius 3 is 2.21 bits per heavy atom. The molecule has 0 aromatic heterocycles. The van der Waals surface area contributed by atoms with Crippen LogP contribution in [0.1, 0.15) is 32.3 Å². The molecule has 0 spiro atoms. The largest absolute Gasteiger partial charge is 0.354 e. The Labute approximate surface area is 244 Å². The minimum absolute atomic E-state index is 0.000932. The number of halogens is 3. The molecule has 0 aliphatic carbocycles. The van der Waals surface area contributed by atoms with Gasteiger partial charge < -0.3 is 10.2 Å². The molecule has 1 N–H and O–H groups in total. The maximum Gasteiger partial charge on any atom is 0.264 e. The molecule has 0 fully saturated rings. The van der Waals surface area contributed by atoms with Gasteiger partial charge in [-0.3, -0.25) is 13.9 Å². The Morgan fingerprint density at radius 1 is 0.897 bits per heavy atom. The molecule has 39 heavy (non-hydrogen) atoms. The Bertz CT molecular complexity index is 1400. The predicted molar refractivity (Wildman–Crippen MR) is 157 cm³/mol. The number of sulfonamides is 1. The topological polar surface area (TPSA) is 86.8 Å². The van der Waals surface area contributed by atoms with E-state index in [1.54, 1.807) is 49.4 Å². The molecule has 0 saturated carbocycles. The molecule has 0 saturated heterocycles. The summed E-state index contributed by atoms with van der Waals surface area (Å²) in [6.07, 6.45) is 1.02. The highest BCUT2D eigenvalue weighted by Gasteiger charge is 2.34. The van der Waals surface area contributed by atoms with E-state index >= 15 is 0 Å². The summed E-state index contributed by atoms with van der Waals surface area (Å²) in [4.78, 5) is 28.5. The number of anilines is 1. The molecule has 0 heterocycles. The van der Waals surface area contributed by atoms with Crippen LogP contribution in [0.3, 0.4) is 0 Å². The molecule has 3 aromatic rings. The minimum Gasteiger partial charge on any atom is -0.354 e. The first-order chi connectivity index (χ1) is 18.6. The number of hydrogen-bond donors (Lipinski definition) is 1. The molecule has 11 heteroatoms. The molecule has 0 unspecified atom stereocenters. The van der Waals surface area contributed by atoms with Crippen molar-refractivity contribution >= 4 is 62.3 Å². The van der Waals surface area contributed by atoms with Crippen molar-refractivity contribution in [2.24, 2.45) is 0 Å². The zero-order chi connectivity index (χ0) is 28.6. The number of carbonyl (C=O) groups excluding carboxylic acids is 2. The van der Waals surface area contributed by atoms with E-state index in [0.717, 1.165) is 10.7 Å². The van der Waals surface area contributed by atoms with E-state index < -0.39 is 28.5 Å². The molecule has 2 amide bonds. The third-order valence-corrected chi connectivity index (χ3v) is 8.72. The van der Waals surface area contributed by atoms with Crippen molar-refractivity contribution in [3.8, 4) is 0 Å². The maximum atomic E-state index is 14.0. The lowest BCUT2D eigenvalue weighted by Gasteiger charge is -2.33. The summed E-state index contributed by atoms with van der Waals surface area (Å²) in [6, 6.07) is 18.2. The highest BCUT2D eigenvalue weighted by molar-refractivity contribution is 7.92. The molecule has 1 atom stereocenters. The molecular weight excluding hydrogens is 581 g/mol. The third-order valence-electron chi connectivity index (χ3n) is 6.02. The predicted octanol–water partition coefficient (Wildman–Crippen LogP) is 6.18. The zero-order valence-corrected chi connectivity index (χ0v) is 24.7. The first-order valence-electron chi connectivity index (χ1n) is 12.4. The average molecular weight is 611 g/mol. The second kappa shape index (κ2) is 14.0. The van der Waals surface area contributed by atoms with Gasteiger partial charge in [0.1, 0.15) is 12.6 Å². The van der Waals surface area contributed by atoms with E-state index in [0.29, 0.717) is 23.6 Å². The zero-order valence-electron chi connectivity index (χ0n) is 21.6. The first-order valence-corrected chi connectivity index (χ1v) is 15.0. The van der Waals surface area contributed by atoms with Gasteiger partial charge in [0.05, 0.1) is 15.6 Å². The summed E-state index contributed by atoms with van der Waals surface area (Å²) >= 11 is 19.0. The number of amides is 2. The Kier molecular flexibility index (Phi) is 11.1. The Morgan fingerprint density at radius 2 is 1.56 bits per heavy atom. The van der Waals surface area contributed by atoms with Gasteiger partial charge in [-0.2, -0.15) is 0 Å². The summed E-state index contributed by atoms with van der Waals surface area (Å²) in [5.41, 5.74) is 0.662. The van der Waals surface area contributed by atoms with Gasteiger partial charge in [-0.1, -0.05) is 85.0 Å². The lowest BCUT2D eigenvalue weighted by Crippen LogP contribution is -2.52. The van der Waals surface area contributed by atoms with Crippen molar-refractivity contribution in [2.45, 2.75) is 44.2 Å². The van der Waals surface area contributed by atoms with Gasteiger partial charge >= 0.3 is 0 Å². The SMILES string of the molecule is CCCNC(=O)[C@H](CC)N(Cc1ccccc1Cl)C(=O)CN(c1cc(Cl)ccc1Cl)S(=O)(=O)c1ccccc1. The van der Waals surface area contributed by atoms with Crippen LogP contribution in [0.15, 0.2) is 77.7 Å². The summed E-state index contributed by atoms with van der Waals surface area (Å²) < 4.78 is 28.6. The fourth-order valence-corrected chi connectivity index (χ4v) is 6.08. The lowest BCUT2D eigenvalue weighted by molar-refractivity contribution is -0.140. The van der Waals surface area contributed by atoms with Gasteiger partial charge in [-0.15, -0.1) is 0 Å². The number of benzene rings is 3. The number of hydrogen-bond acceptors (Lipinski definition) is 4. The van der Waals surface area contributed by atoms with Gasteiger partial charge in [0.25, 0.3) is 10.0 Å². The second-order valence-corrected chi connectivity index (χ2v) is 11.9.